The summed E-state index contributed by atoms with van der Waals surface area (Å²) >= 11 is 0. The monoisotopic (exact) mass is 278 g/mol. The molecule has 20 heavy (non-hydrogen) atoms. The third kappa shape index (κ3) is 1.90. The lowest BCUT2D eigenvalue weighted by Crippen LogP contribution is -2.42. The van der Waals surface area contributed by atoms with E-state index in [1.54, 1.807) is 5.57 Å². The van der Waals surface area contributed by atoms with E-state index >= 15 is 0 Å². The van der Waals surface area contributed by atoms with Crippen LogP contribution >= 0.6 is 0 Å². The van der Waals surface area contributed by atoms with Crippen molar-refractivity contribution in [2.45, 2.75) is 69.7 Å². The molecule has 112 valence electrons. The molecule has 3 N–H and O–H groups in total. The third-order valence-electron chi connectivity index (χ3n) is 6.64. The van der Waals surface area contributed by atoms with Crippen LogP contribution < -0.4 is 0 Å². The van der Waals surface area contributed by atoms with E-state index in [9.17, 15) is 15.3 Å². The standard InChI is InChI=1S/C17H26O3/c18-9-1-2-11-10-3-4-13-12(5-6-16(13)19)14(10)8-17(20)15(11)7-9/h9,12-20H,1-8H2. The molecular formula is C17H26O3. The van der Waals surface area contributed by atoms with Crippen molar-refractivity contribution in [2.24, 2.45) is 23.7 Å². The molecule has 0 heterocycles. The van der Waals surface area contributed by atoms with Crippen molar-refractivity contribution in [1.29, 1.82) is 0 Å². The van der Waals surface area contributed by atoms with Crippen molar-refractivity contribution in [1.82, 2.24) is 0 Å². The number of hydrogen-bond acceptors (Lipinski definition) is 3. The van der Waals surface area contributed by atoms with Gasteiger partial charge in [-0.15, -0.1) is 0 Å². The van der Waals surface area contributed by atoms with Gasteiger partial charge in [0.15, 0.2) is 0 Å². The Balaban J connectivity index is 1.67. The Hall–Kier alpha value is -0.380. The van der Waals surface area contributed by atoms with Gasteiger partial charge in [-0.1, -0.05) is 11.1 Å². The van der Waals surface area contributed by atoms with Gasteiger partial charge in [-0.2, -0.15) is 0 Å². The maximum absolute atomic E-state index is 10.5. The lowest BCUT2D eigenvalue weighted by Gasteiger charge is -2.47. The molecule has 7 atom stereocenters. The molecule has 4 rings (SSSR count). The zero-order chi connectivity index (χ0) is 13.9. The summed E-state index contributed by atoms with van der Waals surface area (Å²) < 4.78 is 0. The van der Waals surface area contributed by atoms with Gasteiger partial charge in [-0.3, -0.25) is 0 Å². The fraction of sp³-hybridized carbons (Fsp3) is 0.882. The lowest BCUT2D eigenvalue weighted by molar-refractivity contribution is 0.0120. The molecule has 0 saturated heterocycles. The first-order chi connectivity index (χ1) is 9.65. The van der Waals surface area contributed by atoms with E-state index in [1.165, 1.54) is 5.57 Å². The Kier molecular flexibility index (Phi) is 3.21. The summed E-state index contributed by atoms with van der Waals surface area (Å²) in [6.07, 6.45) is 7.21. The van der Waals surface area contributed by atoms with E-state index in [-0.39, 0.29) is 24.2 Å². The molecule has 0 radical (unpaired) electrons. The highest BCUT2D eigenvalue weighted by Gasteiger charge is 2.48. The molecule has 0 amide bonds. The van der Waals surface area contributed by atoms with Crippen molar-refractivity contribution in [3.63, 3.8) is 0 Å². The third-order valence-corrected chi connectivity index (χ3v) is 6.64. The predicted octanol–water partition coefficient (Wildman–Crippen LogP) is 2.01. The van der Waals surface area contributed by atoms with Crippen molar-refractivity contribution in [2.75, 3.05) is 0 Å². The SMILES string of the molecule is OC1CCC2=C3CCC4C(O)CCC4C3CC(O)C2C1. The summed E-state index contributed by atoms with van der Waals surface area (Å²) in [6.45, 7) is 0. The van der Waals surface area contributed by atoms with Crippen LogP contribution in [-0.4, -0.2) is 33.6 Å². The van der Waals surface area contributed by atoms with Gasteiger partial charge in [0, 0.05) is 5.92 Å². The van der Waals surface area contributed by atoms with Gasteiger partial charge in [-0.25, -0.2) is 0 Å². The van der Waals surface area contributed by atoms with Crippen LogP contribution in [0, 0.1) is 23.7 Å². The van der Waals surface area contributed by atoms with E-state index < -0.39 is 0 Å². The Morgan fingerprint density at radius 2 is 1.40 bits per heavy atom. The Morgan fingerprint density at radius 3 is 2.25 bits per heavy atom. The quantitative estimate of drug-likeness (QED) is 0.594. The number of aliphatic hydroxyl groups is 3. The smallest absolute Gasteiger partial charge is 0.0612 e. The van der Waals surface area contributed by atoms with Gasteiger partial charge < -0.3 is 15.3 Å². The topological polar surface area (TPSA) is 60.7 Å². The molecule has 0 spiro atoms. The summed E-state index contributed by atoms with van der Waals surface area (Å²) in [7, 11) is 0. The maximum Gasteiger partial charge on any atom is 0.0612 e. The summed E-state index contributed by atoms with van der Waals surface area (Å²) in [5.41, 5.74) is 3.10. The maximum atomic E-state index is 10.5. The van der Waals surface area contributed by atoms with Crippen molar-refractivity contribution >= 4 is 0 Å². The second kappa shape index (κ2) is 4.82. The fourth-order valence-corrected chi connectivity index (χ4v) is 5.74. The predicted molar refractivity (Wildman–Crippen MR) is 75.9 cm³/mol. The second-order valence-corrected chi connectivity index (χ2v) is 7.51. The van der Waals surface area contributed by atoms with Crippen LogP contribution in [0.25, 0.3) is 0 Å². The van der Waals surface area contributed by atoms with E-state index in [0.717, 1.165) is 51.4 Å². The molecule has 0 aromatic rings. The van der Waals surface area contributed by atoms with E-state index in [0.29, 0.717) is 17.8 Å². The highest BCUT2D eigenvalue weighted by Crippen LogP contribution is 2.55. The second-order valence-electron chi connectivity index (χ2n) is 7.51. The molecule has 3 nitrogen and oxygen atoms in total. The van der Waals surface area contributed by atoms with Crippen molar-refractivity contribution in [3.8, 4) is 0 Å². The molecule has 3 fully saturated rings. The molecule has 3 heteroatoms. The van der Waals surface area contributed by atoms with E-state index in [1.807, 2.05) is 0 Å². The number of allylic oxidation sites excluding steroid dienone is 1. The molecule has 7 unspecified atom stereocenters. The lowest BCUT2D eigenvalue weighted by atomic mass is 9.60. The van der Waals surface area contributed by atoms with Crippen LogP contribution in [0.1, 0.15) is 51.4 Å². The van der Waals surface area contributed by atoms with Gasteiger partial charge in [-0.05, 0) is 69.1 Å². The van der Waals surface area contributed by atoms with Crippen LogP contribution in [0.5, 0.6) is 0 Å². The average molecular weight is 278 g/mol. The first-order valence-corrected chi connectivity index (χ1v) is 8.41. The summed E-state index contributed by atoms with van der Waals surface area (Å²) in [6, 6.07) is 0. The van der Waals surface area contributed by atoms with Gasteiger partial charge in [0.25, 0.3) is 0 Å². The van der Waals surface area contributed by atoms with Crippen molar-refractivity contribution < 1.29 is 15.3 Å². The van der Waals surface area contributed by atoms with Gasteiger partial charge in [0.2, 0.25) is 0 Å². The number of aliphatic hydroxyl groups excluding tert-OH is 3. The largest absolute Gasteiger partial charge is 0.393 e. The van der Waals surface area contributed by atoms with Crippen LogP contribution in [0.4, 0.5) is 0 Å². The molecule has 4 aliphatic rings. The normalized spacial score (nSPS) is 51.5. The number of fused-ring (bicyclic) bond motifs is 4. The molecule has 0 aliphatic heterocycles. The minimum absolute atomic E-state index is 0.102. The van der Waals surface area contributed by atoms with Crippen molar-refractivity contribution in [3.05, 3.63) is 11.1 Å². The number of rotatable bonds is 0. The fourth-order valence-electron chi connectivity index (χ4n) is 5.74. The first-order valence-electron chi connectivity index (χ1n) is 8.41. The highest BCUT2D eigenvalue weighted by atomic mass is 16.3. The van der Waals surface area contributed by atoms with E-state index in [2.05, 4.69) is 0 Å². The minimum Gasteiger partial charge on any atom is -0.393 e. The van der Waals surface area contributed by atoms with Gasteiger partial charge in [0.1, 0.15) is 0 Å². The van der Waals surface area contributed by atoms with Crippen LogP contribution in [0.15, 0.2) is 11.1 Å². The van der Waals surface area contributed by atoms with E-state index in [4.69, 9.17) is 0 Å². The first kappa shape index (κ1) is 13.3. The minimum atomic E-state index is -0.273. The Labute approximate surface area is 120 Å². The molecule has 0 bridgehead atoms. The van der Waals surface area contributed by atoms with Crippen LogP contribution in [0.3, 0.4) is 0 Å². The number of hydrogen-bond donors (Lipinski definition) is 3. The summed E-state index contributed by atoms with van der Waals surface area (Å²) in [4.78, 5) is 0. The molecule has 3 saturated carbocycles. The Morgan fingerprint density at radius 1 is 0.650 bits per heavy atom. The molecule has 4 aliphatic carbocycles. The average Bonchev–Trinajstić information content (AvgIpc) is 2.81. The van der Waals surface area contributed by atoms with Gasteiger partial charge >= 0.3 is 0 Å². The summed E-state index contributed by atoms with van der Waals surface area (Å²) in [5.74, 6) is 1.81. The highest BCUT2D eigenvalue weighted by molar-refractivity contribution is 5.29. The van der Waals surface area contributed by atoms with Crippen LogP contribution in [-0.2, 0) is 0 Å². The Bertz CT molecular complexity index is 430. The molecular weight excluding hydrogens is 252 g/mol. The summed E-state index contributed by atoms with van der Waals surface area (Å²) in [5, 5.41) is 30.6. The van der Waals surface area contributed by atoms with Crippen LogP contribution in [0.2, 0.25) is 0 Å². The molecule has 0 aromatic carbocycles. The zero-order valence-corrected chi connectivity index (χ0v) is 12.0. The zero-order valence-electron chi connectivity index (χ0n) is 12.0. The van der Waals surface area contributed by atoms with Gasteiger partial charge in [0.05, 0.1) is 18.3 Å². The molecule has 0 aromatic heterocycles.